The Morgan fingerprint density at radius 1 is 1.28 bits per heavy atom. The summed E-state index contributed by atoms with van der Waals surface area (Å²) in [4.78, 5) is 21.2. The van der Waals surface area contributed by atoms with Gasteiger partial charge in [-0.1, -0.05) is 25.3 Å². The number of hydrogen-bond acceptors (Lipinski definition) is 4. The van der Waals surface area contributed by atoms with Gasteiger partial charge in [-0.3, -0.25) is 14.7 Å². The van der Waals surface area contributed by atoms with E-state index in [1.807, 2.05) is 35.0 Å². The van der Waals surface area contributed by atoms with Crippen LogP contribution in [0.15, 0.2) is 24.4 Å². The van der Waals surface area contributed by atoms with Crippen LogP contribution in [0.5, 0.6) is 0 Å². The zero-order valence-corrected chi connectivity index (χ0v) is 15.4. The number of likely N-dealkylation sites (tertiary alicyclic amines) is 1. The standard InChI is InChI=1S/C20H31N3O2/c1-22(15-18-10-5-6-12-21-18)16-20(25)11-7-13-23(19(20)24)14-17-8-3-2-4-9-17/h5-6,10,12,17,25H,2-4,7-9,11,13-16H2,1H3/t20-/m1/s1. The molecule has 0 spiro atoms. The van der Waals surface area contributed by atoms with E-state index in [0.717, 1.165) is 25.2 Å². The van der Waals surface area contributed by atoms with Crippen LogP contribution < -0.4 is 0 Å². The Morgan fingerprint density at radius 3 is 2.80 bits per heavy atom. The number of hydrogen-bond donors (Lipinski definition) is 1. The first-order valence-corrected chi connectivity index (χ1v) is 9.67. The Bertz CT molecular complexity index is 559. The molecule has 2 fully saturated rings. The molecule has 1 aromatic rings. The highest BCUT2D eigenvalue weighted by atomic mass is 16.3. The van der Waals surface area contributed by atoms with E-state index in [1.165, 1.54) is 32.1 Å². The van der Waals surface area contributed by atoms with Gasteiger partial charge in [0, 0.05) is 32.4 Å². The molecular weight excluding hydrogens is 314 g/mol. The van der Waals surface area contributed by atoms with Crippen molar-refractivity contribution in [3.8, 4) is 0 Å². The Kier molecular flexibility index (Phi) is 6.07. The van der Waals surface area contributed by atoms with Gasteiger partial charge in [0.2, 0.25) is 0 Å². The van der Waals surface area contributed by atoms with Crippen LogP contribution in [0.2, 0.25) is 0 Å². The van der Waals surface area contributed by atoms with Crippen molar-refractivity contribution < 1.29 is 9.90 Å². The van der Waals surface area contributed by atoms with Gasteiger partial charge in [-0.15, -0.1) is 0 Å². The molecule has 1 aliphatic carbocycles. The van der Waals surface area contributed by atoms with E-state index < -0.39 is 5.60 Å². The predicted octanol–water partition coefficient (Wildman–Crippen LogP) is 2.45. The highest BCUT2D eigenvalue weighted by Crippen LogP contribution is 2.29. The number of aromatic nitrogens is 1. The zero-order valence-electron chi connectivity index (χ0n) is 15.4. The van der Waals surface area contributed by atoms with Crippen LogP contribution >= 0.6 is 0 Å². The minimum Gasteiger partial charge on any atom is -0.379 e. The van der Waals surface area contributed by atoms with Gasteiger partial charge < -0.3 is 10.0 Å². The summed E-state index contributed by atoms with van der Waals surface area (Å²) in [5, 5.41) is 11.0. The molecule has 1 saturated carbocycles. The van der Waals surface area contributed by atoms with Crippen molar-refractivity contribution in [2.24, 2.45) is 5.92 Å². The molecule has 1 N–H and O–H groups in total. The van der Waals surface area contributed by atoms with Crippen LogP contribution in [0.1, 0.15) is 50.6 Å². The number of nitrogens with zero attached hydrogens (tertiary/aromatic N) is 3. The average molecular weight is 345 g/mol. The lowest BCUT2D eigenvalue weighted by molar-refractivity contribution is -0.160. The molecule has 1 aromatic heterocycles. The largest absolute Gasteiger partial charge is 0.379 e. The van der Waals surface area contributed by atoms with Gasteiger partial charge in [0.1, 0.15) is 0 Å². The second kappa shape index (κ2) is 8.28. The van der Waals surface area contributed by atoms with Crippen LogP contribution in [0.3, 0.4) is 0 Å². The summed E-state index contributed by atoms with van der Waals surface area (Å²) in [5.41, 5.74) is -0.299. The second-order valence-corrected chi connectivity index (χ2v) is 7.88. The van der Waals surface area contributed by atoms with Crippen molar-refractivity contribution in [1.82, 2.24) is 14.8 Å². The second-order valence-electron chi connectivity index (χ2n) is 7.88. The molecular formula is C20H31N3O2. The fraction of sp³-hybridized carbons (Fsp3) is 0.700. The first kappa shape index (κ1) is 18.3. The van der Waals surface area contributed by atoms with Crippen molar-refractivity contribution >= 4 is 5.91 Å². The third-order valence-corrected chi connectivity index (χ3v) is 5.60. The maximum absolute atomic E-state index is 12.9. The van der Waals surface area contributed by atoms with Crippen molar-refractivity contribution in [2.75, 3.05) is 26.7 Å². The summed E-state index contributed by atoms with van der Waals surface area (Å²) in [6.07, 6.45) is 9.55. The predicted molar refractivity (Wildman–Crippen MR) is 97.9 cm³/mol. The van der Waals surface area contributed by atoms with Gasteiger partial charge in [0.15, 0.2) is 5.60 Å². The van der Waals surface area contributed by atoms with Gasteiger partial charge in [0.05, 0.1) is 5.69 Å². The molecule has 0 radical (unpaired) electrons. The van der Waals surface area contributed by atoms with Crippen LogP contribution in [0.25, 0.3) is 0 Å². The SMILES string of the molecule is CN(Cc1ccccn1)C[C@]1(O)CCCN(CC2CCCCC2)C1=O. The summed E-state index contributed by atoms with van der Waals surface area (Å²) >= 11 is 0. The number of likely N-dealkylation sites (N-methyl/N-ethyl adjacent to an activating group) is 1. The average Bonchev–Trinajstić information content (AvgIpc) is 2.61. The Morgan fingerprint density at radius 2 is 2.08 bits per heavy atom. The number of carbonyl (C=O) groups is 1. The molecule has 25 heavy (non-hydrogen) atoms. The minimum absolute atomic E-state index is 0.0720. The van der Waals surface area contributed by atoms with Crippen molar-refractivity contribution in [3.63, 3.8) is 0 Å². The van der Waals surface area contributed by atoms with E-state index in [0.29, 0.717) is 25.4 Å². The molecule has 2 aliphatic rings. The van der Waals surface area contributed by atoms with Crippen LogP contribution in [0.4, 0.5) is 0 Å². The fourth-order valence-electron chi connectivity index (χ4n) is 4.34. The molecule has 1 saturated heterocycles. The molecule has 1 aliphatic heterocycles. The molecule has 3 rings (SSSR count). The summed E-state index contributed by atoms with van der Waals surface area (Å²) in [6, 6.07) is 5.83. The molecule has 0 unspecified atom stereocenters. The lowest BCUT2D eigenvalue weighted by Crippen LogP contribution is -2.58. The number of aliphatic hydroxyl groups is 1. The number of piperidine rings is 1. The Balaban J connectivity index is 1.58. The smallest absolute Gasteiger partial charge is 0.255 e. The lowest BCUT2D eigenvalue weighted by Gasteiger charge is -2.41. The summed E-state index contributed by atoms with van der Waals surface area (Å²) in [5.74, 6) is 0.545. The summed E-state index contributed by atoms with van der Waals surface area (Å²) in [6.45, 7) is 2.62. The molecule has 0 bridgehead atoms. The highest BCUT2D eigenvalue weighted by molar-refractivity contribution is 5.86. The monoisotopic (exact) mass is 345 g/mol. The molecule has 5 nitrogen and oxygen atoms in total. The fourth-order valence-corrected chi connectivity index (χ4v) is 4.34. The number of carbonyl (C=O) groups excluding carboxylic acids is 1. The van der Waals surface area contributed by atoms with Crippen LogP contribution in [-0.2, 0) is 11.3 Å². The topological polar surface area (TPSA) is 56.7 Å². The first-order valence-electron chi connectivity index (χ1n) is 9.67. The van der Waals surface area contributed by atoms with Crippen molar-refractivity contribution in [1.29, 1.82) is 0 Å². The van der Waals surface area contributed by atoms with E-state index in [1.54, 1.807) is 6.20 Å². The lowest BCUT2D eigenvalue weighted by atomic mass is 9.86. The summed E-state index contributed by atoms with van der Waals surface area (Å²) in [7, 11) is 1.94. The quantitative estimate of drug-likeness (QED) is 0.860. The van der Waals surface area contributed by atoms with Crippen molar-refractivity contribution in [3.05, 3.63) is 30.1 Å². The molecule has 0 aromatic carbocycles. The number of rotatable bonds is 6. The van der Waals surface area contributed by atoms with E-state index in [2.05, 4.69) is 4.98 Å². The normalized spacial score (nSPS) is 25.6. The first-order chi connectivity index (χ1) is 12.1. The van der Waals surface area contributed by atoms with Gasteiger partial charge in [0.25, 0.3) is 5.91 Å². The molecule has 1 atom stereocenters. The van der Waals surface area contributed by atoms with Crippen LogP contribution in [-0.4, -0.2) is 58.1 Å². The van der Waals surface area contributed by atoms with Crippen molar-refractivity contribution in [2.45, 2.75) is 57.1 Å². The molecule has 5 heteroatoms. The number of pyridine rings is 1. The number of amides is 1. The maximum atomic E-state index is 12.9. The van der Waals surface area contributed by atoms with Gasteiger partial charge in [-0.05, 0) is 50.8 Å². The Labute approximate surface area is 151 Å². The summed E-state index contributed by atoms with van der Waals surface area (Å²) < 4.78 is 0. The van der Waals surface area contributed by atoms with E-state index in [4.69, 9.17) is 0 Å². The molecule has 2 heterocycles. The van der Waals surface area contributed by atoms with E-state index in [9.17, 15) is 9.90 Å². The molecule has 1 amide bonds. The van der Waals surface area contributed by atoms with E-state index >= 15 is 0 Å². The molecule has 138 valence electrons. The van der Waals surface area contributed by atoms with Gasteiger partial charge in [-0.25, -0.2) is 0 Å². The minimum atomic E-state index is -1.25. The zero-order chi connectivity index (χ0) is 17.7. The highest BCUT2D eigenvalue weighted by Gasteiger charge is 2.43. The van der Waals surface area contributed by atoms with Crippen LogP contribution in [0, 0.1) is 5.92 Å². The van der Waals surface area contributed by atoms with E-state index in [-0.39, 0.29) is 5.91 Å². The maximum Gasteiger partial charge on any atom is 0.255 e. The third-order valence-electron chi connectivity index (χ3n) is 5.60. The third kappa shape index (κ3) is 4.79. The Hall–Kier alpha value is -1.46. The van der Waals surface area contributed by atoms with Gasteiger partial charge >= 0.3 is 0 Å². The van der Waals surface area contributed by atoms with Gasteiger partial charge in [-0.2, -0.15) is 0 Å².